The first kappa shape index (κ1) is 33.3. The van der Waals surface area contributed by atoms with Crippen molar-refractivity contribution in [2.24, 2.45) is 5.10 Å². The fourth-order valence-corrected chi connectivity index (χ4v) is 11.9. The van der Waals surface area contributed by atoms with E-state index in [0.29, 0.717) is 6.67 Å². The lowest BCUT2D eigenvalue weighted by Crippen LogP contribution is -2.74. The molecule has 0 aliphatic carbocycles. The van der Waals surface area contributed by atoms with Gasteiger partial charge in [-0.3, -0.25) is 0 Å². The summed E-state index contributed by atoms with van der Waals surface area (Å²) in [5, 5.41) is 13.0. The van der Waals surface area contributed by atoms with Crippen LogP contribution >= 0.6 is 0 Å². The van der Waals surface area contributed by atoms with Crippen molar-refractivity contribution < 1.29 is 0 Å². The predicted molar refractivity (Wildman–Crippen MR) is 217 cm³/mol. The molecule has 50 heavy (non-hydrogen) atoms. The Kier molecular flexibility index (Phi) is 8.83. The van der Waals surface area contributed by atoms with Gasteiger partial charge in [0.15, 0.2) is 13.9 Å². The summed E-state index contributed by atoms with van der Waals surface area (Å²) in [6, 6.07) is 60.2. The molecule has 1 aliphatic rings. The van der Waals surface area contributed by atoms with Gasteiger partial charge in [0.1, 0.15) is 6.67 Å². The van der Waals surface area contributed by atoms with Crippen molar-refractivity contribution >= 4 is 46.0 Å². The highest BCUT2D eigenvalue weighted by Gasteiger charge is 2.42. The maximum absolute atomic E-state index is 5.40. The molecule has 0 N–H and O–H groups in total. The maximum atomic E-state index is 5.40. The standard InChI is InChI=1S/C46H47N3Si/c1-45(2,3)36-30-37(46(4,5)6)32-39(31-36)48-34-49(47-44(48)35-20-11-7-12-21-35)38-22-19-29-43(33-38)50(40-23-13-8-14-24-40,41-25-15-9-16-26-41)42-27-17-10-18-28-42/h7-33H,34H2,1-6H3. The van der Waals surface area contributed by atoms with Crippen molar-refractivity contribution in [1.82, 2.24) is 0 Å². The zero-order valence-electron chi connectivity index (χ0n) is 30.1. The summed E-state index contributed by atoms with van der Waals surface area (Å²) in [5.74, 6) is 0.958. The summed E-state index contributed by atoms with van der Waals surface area (Å²) >= 11 is 0. The van der Waals surface area contributed by atoms with Crippen LogP contribution in [0.4, 0.5) is 11.4 Å². The topological polar surface area (TPSA) is 18.8 Å². The van der Waals surface area contributed by atoms with Crippen LogP contribution in [0.15, 0.2) is 169 Å². The lowest BCUT2D eigenvalue weighted by Gasteiger charge is -2.35. The Morgan fingerprint density at radius 2 is 0.900 bits per heavy atom. The molecule has 0 bridgehead atoms. The van der Waals surface area contributed by atoms with Gasteiger partial charge in [-0.25, -0.2) is 5.01 Å². The Labute approximate surface area is 299 Å². The normalized spacial score (nSPS) is 13.8. The smallest absolute Gasteiger partial charge is 0.179 e. The summed E-state index contributed by atoms with van der Waals surface area (Å²) in [7, 11) is -2.69. The Bertz CT molecular complexity index is 1970. The molecule has 250 valence electrons. The number of benzene rings is 6. The van der Waals surface area contributed by atoms with Gasteiger partial charge >= 0.3 is 0 Å². The molecular weight excluding hydrogens is 623 g/mol. The molecule has 0 spiro atoms. The van der Waals surface area contributed by atoms with E-state index in [0.717, 1.165) is 17.1 Å². The highest BCUT2D eigenvalue weighted by Crippen LogP contribution is 2.36. The second kappa shape index (κ2) is 13.3. The molecule has 4 heteroatoms. The molecule has 0 saturated carbocycles. The van der Waals surface area contributed by atoms with E-state index in [2.05, 4.69) is 215 Å². The molecule has 1 heterocycles. The Morgan fingerprint density at radius 1 is 0.460 bits per heavy atom. The second-order valence-electron chi connectivity index (χ2n) is 15.4. The molecule has 0 fully saturated rings. The fourth-order valence-electron chi connectivity index (χ4n) is 7.14. The molecular formula is C46H47N3Si. The number of hydrazone groups is 1. The van der Waals surface area contributed by atoms with E-state index in [-0.39, 0.29) is 10.8 Å². The van der Waals surface area contributed by atoms with E-state index in [1.165, 1.54) is 37.6 Å². The molecule has 6 aromatic carbocycles. The molecule has 0 atom stereocenters. The van der Waals surface area contributed by atoms with Gasteiger partial charge in [-0.15, -0.1) is 0 Å². The Hall–Kier alpha value is -5.19. The Balaban J connectivity index is 1.40. The SMILES string of the molecule is CC(C)(C)c1cc(N2CN(c3cccc([Si](c4ccccc4)(c4ccccc4)c4ccccc4)c3)N=C2c2ccccc2)cc(C(C)(C)C)c1. The first-order chi connectivity index (χ1) is 24.0. The average molecular weight is 670 g/mol. The summed E-state index contributed by atoms with van der Waals surface area (Å²) in [6.07, 6.45) is 0. The molecule has 7 rings (SSSR count). The van der Waals surface area contributed by atoms with E-state index in [1.54, 1.807) is 0 Å². The molecule has 1 aliphatic heterocycles. The van der Waals surface area contributed by atoms with Crippen LogP contribution in [0.3, 0.4) is 0 Å². The zero-order valence-corrected chi connectivity index (χ0v) is 31.1. The molecule has 0 saturated heterocycles. The number of hydrogen-bond donors (Lipinski definition) is 0. The predicted octanol–water partition coefficient (Wildman–Crippen LogP) is 8.30. The molecule has 0 aromatic heterocycles. The molecule has 6 aromatic rings. The highest BCUT2D eigenvalue weighted by atomic mass is 28.3. The third kappa shape index (κ3) is 6.32. The molecule has 0 unspecified atom stereocenters. The lowest BCUT2D eigenvalue weighted by molar-refractivity contribution is 0.568. The number of amidine groups is 1. The summed E-state index contributed by atoms with van der Waals surface area (Å²) in [4.78, 5) is 2.39. The largest absolute Gasteiger partial charge is 0.304 e. The van der Waals surface area contributed by atoms with Gasteiger partial charge in [0.2, 0.25) is 0 Å². The van der Waals surface area contributed by atoms with Crippen molar-refractivity contribution in [2.75, 3.05) is 16.6 Å². The highest BCUT2D eigenvalue weighted by molar-refractivity contribution is 7.19. The van der Waals surface area contributed by atoms with Gasteiger partial charge in [0.05, 0.1) is 5.69 Å². The van der Waals surface area contributed by atoms with Gasteiger partial charge in [0.25, 0.3) is 0 Å². The first-order valence-electron chi connectivity index (χ1n) is 17.7. The molecule has 0 amide bonds. The van der Waals surface area contributed by atoms with Crippen LogP contribution in [0, 0.1) is 0 Å². The van der Waals surface area contributed by atoms with E-state index in [9.17, 15) is 0 Å². The van der Waals surface area contributed by atoms with Crippen LogP contribution in [0.25, 0.3) is 0 Å². The number of nitrogens with zero attached hydrogens (tertiary/aromatic N) is 3. The summed E-state index contributed by atoms with van der Waals surface area (Å²) < 4.78 is 0. The fraction of sp³-hybridized carbons (Fsp3) is 0.196. The third-order valence-electron chi connectivity index (χ3n) is 9.94. The van der Waals surface area contributed by atoms with E-state index < -0.39 is 8.07 Å². The monoisotopic (exact) mass is 669 g/mol. The van der Waals surface area contributed by atoms with Crippen molar-refractivity contribution in [1.29, 1.82) is 0 Å². The number of anilines is 2. The van der Waals surface area contributed by atoms with Crippen LogP contribution < -0.4 is 30.7 Å². The number of rotatable bonds is 7. The minimum absolute atomic E-state index is 0.00802. The quantitative estimate of drug-likeness (QED) is 0.126. The van der Waals surface area contributed by atoms with Crippen LogP contribution in [-0.2, 0) is 10.8 Å². The minimum Gasteiger partial charge on any atom is -0.304 e. The van der Waals surface area contributed by atoms with E-state index in [4.69, 9.17) is 5.10 Å². The van der Waals surface area contributed by atoms with E-state index in [1.807, 2.05) is 0 Å². The van der Waals surface area contributed by atoms with Gasteiger partial charge in [-0.05, 0) is 67.0 Å². The van der Waals surface area contributed by atoms with Crippen molar-refractivity contribution in [3.8, 4) is 0 Å². The summed E-state index contributed by atoms with van der Waals surface area (Å²) in [5.41, 5.74) is 6.04. The minimum atomic E-state index is -2.69. The van der Waals surface area contributed by atoms with E-state index >= 15 is 0 Å². The molecule has 3 nitrogen and oxygen atoms in total. The van der Waals surface area contributed by atoms with Crippen molar-refractivity contribution in [3.63, 3.8) is 0 Å². The summed E-state index contributed by atoms with van der Waals surface area (Å²) in [6.45, 7) is 14.4. The van der Waals surface area contributed by atoms with Crippen LogP contribution in [-0.4, -0.2) is 20.6 Å². The third-order valence-corrected chi connectivity index (χ3v) is 14.7. The second-order valence-corrected chi connectivity index (χ2v) is 19.2. The molecule has 0 radical (unpaired) electrons. The van der Waals surface area contributed by atoms with Gasteiger partial charge in [-0.1, -0.05) is 181 Å². The lowest BCUT2D eigenvalue weighted by atomic mass is 9.80. The first-order valence-corrected chi connectivity index (χ1v) is 19.7. The number of hydrogen-bond acceptors (Lipinski definition) is 3. The zero-order chi connectivity index (χ0) is 34.9. The van der Waals surface area contributed by atoms with Crippen molar-refractivity contribution in [3.05, 3.63) is 180 Å². The average Bonchev–Trinajstić information content (AvgIpc) is 3.59. The van der Waals surface area contributed by atoms with Crippen LogP contribution in [0.1, 0.15) is 58.2 Å². The van der Waals surface area contributed by atoms with Crippen molar-refractivity contribution in [2.45, 2.75) is 52.4 Å². The maximum Gasteiger partial charge on any atom is 0.179 e. The van der Waals surface area contributed by atoms with Crippen LogP contribution in [0.2, 0.25) is 0 Å². The Morgan fingerprint density at radius 3 is 1.36 bits per heavy atom. The van der Waals surface area contributed by atoms with Gasteiger partial charge in [-0.2, -0.15) is 5.10 Å². The van der Waals surface area contributed by atoms with Crippen LogP contribution in [0.5, 0.6) is 0 Å². The van der Waals surface area contributed by atoms with Gasteiger partial charge in [0, 0.05) is 11.3 Å². The van der Waals surface area contributed by atoms with Gasteiger partial charge < -0.3 is 4.90 Å².